The molecule has 0 saturated heterocycles. The van der Waals surface area contributed by atoms with Crippen LogP contribution in [0.1, 0.15) is 52.9 Å². The summed E-state index contributed by atoms with van der Waals surface area (Å²) >= 11 is 0. The molecule has 146 valence electrons. The molecule has 1 N–H and O–H groups in total. The third kappa shape index (κ3) is 4.73. The number of fused-ring (bicyclic) bond motifs is 1. The number of hydrogen-bond donors (Lipinski definition) is 1. The Morgan fingerprint density at radius 3 is 2.64 bits per heavy atom. The first-order chi connectivity index (χ1) is 13.4. The van der Waals surface area contributed by atoms with Gasteiger partial charge >= 0.3 is 5.97 Å². The molecule has 0 unspecified atom stereocenters. The second-order valence-corrected chi connectivity index (χ2v) is 6.91. The largest absolute Gasteiger partial charge is 0.452 e. The van der Waals surface area contributed by atoms with Gasteiger partial charge in [0.15, 0.2) is 6.61 Å². The quantitative estimate of drug-likeness (QED) is 0.468. The molecule has 0 spiro atoms. The molecule has 1 atom stereocenters. The molecular weight excluding hydrogens is 360 g/mol. The van der Waals surface area contributed by atoms with Gasteiger partial charge in [0.1, 0.15) is 0 Å². The number of non-ortho nitro benzene ring substituents is 1. The lowest BCUT2D eigenvalue weighted by molar-refractivity contribution is -0.384. The van der Waals surface area contributed by atoms with E-state index in [9.17, 15) is 19.7 Å². The summed E-state index contributed by atoms with van der Waals surface area (Å²) in [7, 11) is 0. The monoisotopic (exact) mass is 382 g/mol. The van der Waals surface area contributed by atoms with E-state index in [1.54, 1.807) is 0 Å². The van der Waals surface area contributed by atoms with Crippen molar-refractivity contribution in [3.63, 3.8) is 0 Å². The zero-order valence-corrected chi connectivity index (χ0v) is 15.6. The topological polar surface area (TPSA) is 98.5 Å². The number of amides is 1. The van der Waals surface area contributed by atoms with E-state index in [1.807, 2.05) is 13.0 Å². The Morgan fingerprint density at radius 2 is 1.89 bits per heavy atom. The normalized spacial score (nSPS) is 13.9. The Morgan fingerprint density at radius 1 is 1.14 bits per heavy atom. The summed E-state index contributed by atoms with van der Waals surface area (Å²) in [5.74, 6) is -1.20. The molecule has 2 aromatic carbocycles. The van der Waals surface area contributed by atoms with Crippen LogP contribution in [0.5, 0.6) is 0 Å². The van der Waals surface area contributed by atoms with Gasteiger partial charge in [-0.2, -0.15) is 0 Å². The van der Waals surface area contributed by atoms with Crippen LogP contribution in [-0.4, -0.2) is 23.4 Å². The number of carbonyl (C=O) groups excluding carboxylic acids is 2. The van der Waals surface area contributed by atoms with Gasteiger partial charge in [-0.15, -0.1) is 0 Å². The van der Waals surface area contributed by atoms with Crippen molar-refractivity contribution < 1.29 is 19.2 Å². The minimum atomic E-state index is -0.778. The fourth-order valence-corrected chi connectivity index (χ4v) is 3.35. The summed E-state index contributed by atoms with van der Waals surface area (Å²) in [4.78, 5) is 34.3. The van der Waals surface area contributed by atoms with Crippen molar-refractivity contribution >= 4 is 17.6 Å². The first-order valence-electron chi connectivity index (χ1n) is 9.26. The first kappa shape index (κ1) is 19.5. The third-order valence-corrected chi connectivity index (χ3v) is 4.88. The number of ether oxygens (including phenoxy) is 1. The van der Waals surface area contributed by atoms with E-state index in [-0.39, 0.29) is 17.3 Å². The minimum absolute atomic E-state index is 0.0322. The zero-order chi connectivity index (χ0) is 20.1. The van der Waals surface area contributed by atoms with Crippen LogP contribution in [-0.2, 0) is 22.4 Å². The van der Waals surface area contributed by atoms with Crippen LogP contribution in [0.25, 0.3) is 0 Å². The highest BCUT2D eigenvalue weighted by Gasteiger charge is 2.17. The molecule has 28 heavy (non-hydrogen) atoms. The smallest absolute Gasteiger partial charge is 0.338 e. The first-order valence-corrected chi connectivity index (χ1v) is 9.26. The van der Waals surface area contributed by atoms with Crippen molar-refractivity contribution in [2.75, 3.05) is 6.61 Å². The van der Waals surface area contributed by atoms with E-state index in [0.29, 0.717) is 0 Å². The molecule has 0 fully saturated rings. The minimum Gasteiger partial charge on any atom is -0.452 e. The lowest BCUT2D eigenvalue weighted by atomic mass is 9.89. The third-order valence-electron chi connectivity index (χ3n) is 4.88. The van der Waals surface area contributed by atoms with Crippen LogP contribution >= 0.6 is 0 Å². The van der Waals surface area contributed by atoms with Gasteiger partial charge in [0.25, 0.3) is 11.6 Å². The Kier molecular flexibility index (Phi) is 6.03. The van der Waals surface area contributed by atoms with E-state index in [0.717, 1.165) is 24.5 Å². The van der Waals surface area contributed by atoms with Gasteiger partial charge in [0.05, 0.1) is 16.5 Å². The number of rotatable bonds is 6. The number of benzene rings is 2. The lowest BCUT2D eigenvalue weighted by Gasteiger charge is -2.20. The van der Waals surface area contributed by atoms with Crippen LogP contribution in [0.3, 0.4) is 0 Å². The number of nitro benzene ring substituents is 1. The van der Waals surface area contributed by atoms with Crippen LogP contribution in [0.2, 0.25) is 0 Å². The Bertz CT molecular complexity index is 909. The Labute approximate surface area is 162 Å². The van der Waals surface area contributed by atoms with E-state index < -0.39 is 23.4 Å². The Balaban J connectivity index is 1.54. The fourth-order valence-electron chi connectivity index (χ4n) is 3.35. The molecule has 1 aliphatic rings. The summed E-state index contributed by atoms with van der Waals surface area (Å²) in [6.45, 7) is 1.43. The second kappa shape index (κ2) is 8.65. The van der Waals surface area contributed by atoms with Gasteiger partial charge < -0.3 is 10.1 Å². The Hall–Kier alpha value is -3.22. The summed E-state index contributed by atoms with van der Waals surface area (Å²) in [5.41, 5.74) is 3.55. The summed E-state index contributed by atoms with van der Waals surface area (Å²) in [5, 5.41) is 13.6. The molecule has 1 aliphatic carbocycles. The van der Waals surface area contributed by atoms with E-state index in [2.05, 4.69) is 17.4 Å². The molecule has 0 aromatic heterocycles. The highest BCUT2D eigenvalue weighted by atomic mass is 16.6. The molecule has 1 amide bonds. The van der Waals surface area contributed by atoms with E-state index in [4.69, 9.17) is 4.74 Å². The average molecular weight is 382 g/mol. The van der Waals surface area contributed by atoms with Crippen LogP contribution in [0.4, 0.5) is 5.69 Å². The standard InChI is InChI=1S/C21H22N2O5/c1-14(16-10-9-15-5-2-3-6-17(15)11-16)22-20(24)13-28-21(25)18-7-4-8-19(12-18)23(26)27/h4,7-12,14H,2-3,5-6,13H2,1H3,(H,22,24)/t14-/m1/s1. The predicted molar refractivity (Wildman–Crippen MR) is 103 cm³/mol. The lowest BCUT2D eigenvalue weighted by Crippen LogP contribution is -2.31. The molecule has 0 heterocycles. The molecule has 3 rings (SSSR count). The van der Waals surface area contributed by atoms with Gasteiger partial charge in [0.2, 0.25) is 0 Å². The number of aryl methyl sites for hydroxylation is 2. The van der Waals surface area contributed by atoms with Crippen molar-refractivity contribution in [3.8, 4) is 0 Å². The van der Waals surface area contributed by atoms with Crippen LogP contribution in [0, 0.1) is 10.1 Å². The van der Waals surface area contributed by atoms with Crippen molar-refractivity contribution in [1.82, 2.24) is 5.32 Å². The number of esters is 1. The van der Waals surface area contributed by atoms with Crippen molar-refractivity contribution in [1.29, 1.82) is 0 Å². The molecule has 0 bridgehead atoms. The zero-order valence-electron chi connectivity index (χ0n) is 15.6. The maximum absolute atomic E-state index is 12.1. The van der Waals surface area contributed by atoms with E-state index >= 15 is 0 Å². The maximum Gasteiger partial charge on any atom is 0.338 e. The fraction of sp³-hybridized carbons (Fsp3) is 0.333. The van der Waals surface area contributed by atoms with Gasteiger partial charge in [-0.25, -0.2) is 4.79 Å². The molecule has 7 nitrogen and oxygen atoms in total. The number of nitro groups is 1. The summed E-state index contributed by atoms with van der Waals surface area (Å²) in [6.07, 6.45) is 4.56. The molecule has 0 radical (unpaired) electrons. The highest BCUT2D eigenvalue weighted by molar-refractivity contribution is 5.92. The van der Waals surface area contributed by atoms with Gasteiger partial charge in [-0.3, -0.25) is 14.9 Å². The van der Waals surface area contributed by atoms with E-state index in [1.165, 1.54) is 42.2 Å². The maximum atomic E-state index is 12.1. The SMILES string of the molecule is C[C@@H](NC(=O)COC(=O)c1cccc([N+](=O)[O-])c1)c1ccc2c(c1)CCCC2. The molecule has 0 aliphatic heterocycles. The molecule has 7 heteroatoms. The van der Waals surface area contributed by atoms with Gasteiger partial charge in [0, 0.05) is 12.1 Å². The number of nitrogens with zero attached hydrogens (tertiary/aromatic N) is 1. The molecular formula is C21H22N2O5. The van der Waals surface area contributed by atoms with Gasteiger partial charge in [-0.1, -0.05) is 24.3 Å². The van der Waals surface area contributed by atoms with Crippen LogP contribution < -0.4 is 5.32 Å². The average Bonchev–Trinajstić information content (AvgIpc) is 2.71. The number of carbonyl (C=O) groups is 2. The van der Waals surface area contributed by atoms with Crippen molar-refractivity contribution in [2.45, 2.75) is 38.6 Å². The second-order valence-electron chi connectivity index (χ2n) is 6.91. The summed E-state index contributed by atoms with van der Waals surface area (Å²) < 4.78 is 4.98. The molecule has 2 aromatic rings. The van der Waals surface area contributed by atoms with Gasteiger partial charge in [-0.05, 0) is 55.4 Å². The number of hydrogen-bond acceptors (Lipinski definition) is 5. The summed E-state index contributed by atoms with van der Waals surface area (Å²) in [6, 6.07) is 11.3. The van der Waals surface area contributed by atoms with Crippen LogP contribution in [0.15, 0.2) is 42.5 Å². The highest BCUT2D eigenvalue weighted by Crippen LogP contribution is 2.24. The van der Waals surface area contributed by atoms with Crippen molar-refractivity contribution in [3.05, 3.63) is 74.8 Å². The predicted octanol–water partition coefficient (Wildman–Crippen LogP) is 3.51. The number of nitrogens with one attached hydrogen (secondary N) is 1. The molecule has 0 saturated carbocycles. The van der Waals surface area contributed by atoms with Crippen molar-refractivity contribution in [2.24, 2.45) is 0 Å².